The van der Waals surface area contributed by atoms with Crippen molar-refractivity contribution in [1.29, 1.82) is 0 Å². The molecular weight excluding hydrogens is 374 g/mol. The molecule has 1 aromatic carbocycles. The molecular formula is C23H27N7. The lowest BCUT2D eigenvalue weighted by atomic mass is 10.1. The van der Waals surface area contributed by atoms with E-state index in [0.29, 0.717) is 0 Å². The third-order valence-electron chi connectivity index (χ3n) is 5.95. The van der Waals surface area contributed by atoms with Gasteiger partial charge in [0.05, 0.1) is 6.20 Å². The van der Waals surface area contributed by atoms with Gasteiger partial charge in [0.25, 0.3) is 0 Å². The first-order valence-electron chi connectivity index (χ1n) is 10.5. The van der Waals surface area contributed by atoms with E-state index in [1.807, 2.05) is 16.9 Å². The van der Waals surface area contributed by atoms with Gasteiger partial charge in [-0.05, 0) is 57.1 Å². The van der Waals surface area contributed by atoms with Gasteiger partial charge in [-0.2, -0.15) is 0 Å². The molecule has 4 aromatic rings. The van der Waals surface area contributed by atoms with Gasteiger partial charge >= 0.3 is 0 Å². The van der Waals surface area contributed by atoms with E-state index in [2.05, 4.69) is 71.3 Å². The first kappa shape index (κ1) is 18.8. The van der Waals surface area contributed by atoms with E-state index in [1.165, 1.54) is 11.1 Å². The van der Waals surface area contributed by atoms with Crippen LogP contribution in [0.15, 0.2) is 42.9 Å². The van der Waals surface area contributed by atoms with Crippen LogP contribution >= 0.6 is 0 Å². The summed E-state index contributed by atoms with van der Waals surface area (Å²) in [5, 5.41) is 3.54. The van der Waals surface area contributed by atoms with E-state index in [9.17, 15) is 0 Å². The van der Waals surface area contributed by atoms with Crippen molar-refractivity contribution in [3.8, 4) is 0 Å². The Kier molecular flexibility index (Phi) is 4.75. The fraction of sp³-hybridized carbons (Fsp3) is 0.348. The van der Waals surface area contributed by atoms with E-state index in [4.69, 9.17) is 9.97 Å². The second kappa shape index (κ2) is 7.57. The molecule has 154 valence electrons. The summed E-state index contributed by atoms with van der Waals surface area (Å²) in [7, 11) is 2.18. The number of benzene rings is 1. The quantitative estimate of drug-likeness (QED) is 0.564. The van der Waals surface area contributed by atoms with Gasteiger partial charge in [-0.25, -0.2) is 15.0 Å². The Morgan fingerprint density at radius 2 is 1.77 bits per heavy atom. The maximum Gasteiger partial charge on any atom is 0.166 e. The largest absolute Gasteiger partial charge is 0.355 e. The molecule has 0 bridgehead atoms. The second-order valence-electron chi connectivity index (χ2n) is 8.16. The van der Waals surface area contributed by atoms with Gasteiger partial charge in [-0.3, -0.25) is 4.40 Å². The summed E-state index contributed by atoms with van der Waals surface area (Å²) in [6, 6.07) is 10.4. The Labute approximate surface area is 176 Å². The van der Waals surface area contributed by atoms with E-state index >= 15 is 0 Å². The molecule has 3 aromatic heterocycles. The van der Waals surface area contributed by atoms with Crippen molar-refractivity contribution >= 4 is 34.0 Å². The molecule has 1 aliphatic heterocycles. The number of nitrogens with zero attached hydrogens (tertiary/aromatic N) is 6. The third-order valence-corrected chi connectivity index (χ3v) is 5.95. The fourth-order valence-electron chi connectivity index (χ4n) is 4.19. The van der Waals surface area contributed by atoms with Crippen molar-refractivity contribution in [3.63, 3.8) is 0 Å². The zero-order valence-corrected chi connectivity index (χ0v) is 17.8. The highest BCUT2D eigenvalue weighted by atomic mass is 15.2. The fourth-order valence-corrected chi connectivity index (χ4v) is 4.19. The van der Waals surface area contributed by atoms with E-state index in [1.54, 1.807) is 0 Å². The number of aryl methyl sites for hydroxylation is 2. The second-order valence-corrected chi connectivity index (χ2v) is 8.16. The summed E-state index contributed by atoms with van der Waals surface area (Å²) < 4.78 is 2.03. The van der Waals surface area contributed by atoms with Crippen LogP contribution in [0.1, 0.15) is 17.5 Å². The number of imidazole rings is 1. The molecule has 30 heavy (non-hydrogen) atoms. The molecule has 5 rings (SSSR count). The van der Waals surface area contributed by atoms with Gasteiger partial charge in [-0.1, -0.05) is 18.2 Å². The number of hydrogen-bond acceptors (Lipinski definition) is 6. The monoisotopic (exact) mass is 401 g/mol. The van der Waals surface area contributed by atoms with Crippen LogP contribution in [-0.2, 0) is 0 Å². The molecule has 0 atom stereocenters. The number of aromatic nitrogens is 4. The molecule has 1 saturated heterocycles. The Hall–Kier alpha value is -3.19. The minimum atomic E-state index is 0.795. The molecule has 7 nitrogen and oxygen atoms in total. The minimum absolute atomic E-state index is 0.795. The lowest BCUT2D eigenvalue weighted by molar-refractivity contribution is 0.360. The van der Waals surface area contributed by atoms with Crippen LogP contribution in [-0.4, -0.2) is 57.5 Å². The predicted octanol–water partition coefficient (Wildman–Crippen LogP) is 3.78. The summed E-state index contributed by atoms with van der Waals surface area (Å²) in [5.41, 5.74) is 6.08. The van der Waals surface area contributed by atoms with Gasteiger partial charge < -0.3 is 15.1 Å². The average molecular weight is 402 g/mol. The van der Waals surface area contributed by atoms with Crippen molar-refractivity contribution in [2.24, 2.45) is 0 Å². The molecule has 0 saturated carbocycles. The summed E-state index contributed by atoms with van der Waals surface area (Å²) in [5.74, 6) is 1.80. The lowest BCUT2D eigenvalue weighted by Crippen LogP contribution is -2.29. The van der Waals surface area contributed by atoms with Crippen molar-refractivity contribution in [1.82, 2.24) is 24.3 Å². The van der Waals surface area contributed by atoms with Gasteiger partial charge in [0.2, 0.25) is 0 Å². The van der Waals surface area contributed by atoms with Crippen LogP contribution in [0.5, 0.6) is 0 Å². The van der Waals surface area contributed by atoms with E-state index < -0.39 is 0 Å². The number of para-hydroxylation sites is 1. The van der Waals surface area contributed by atoms with Crippen molar-refractivity contribution < 1.29 is 0 Å². The molecule has 1 N–H and O–H groups in total. The van der Waals surface area contributed by atoms with Crippen LogP contribution < -0.4 is 10.2 Å². The maximum atomic E-state index is 4.99. The Balaban J connectivity index is 1.58. The molecule has 0 radical (unpaired) electrons. The number of anilines is 3. The molecule has 4 heterocycles. The highest BCUT2D eigenvalue weighted by Crippen LogP contribution is 2.28. The topological polar surface area (TPSA) is 61.6 Å². The van der Waals surface area contributed by atoms with Crippen LogP contribution in [0.3, 0.4) is 0 Å². The molecule has 7 heteroatoms. The summed E-state index contributed by atoms with van der Waals surface area (Å²) in [6.45, 7) is 8.41. The predicted molar refractivity (Wildman–Crippen MR) is 122 cm³/mol. The number of likely N-dealkylation sites (N-methyl/N-ethyl adjacent to an activating group) is 1. The summed E-state index contributed by atoms with van der Waals surface area (Å²) >= 11 is 0. The Morgan fingerprint density at radius 3 is 2.60 bits per heavy atom. The lowest BCUT2D eigenvalue weighted by Gasteiger charge is -2.22. The van der Waals surface area contributed by atoms with E-state index in [-0.39, 0.29) is 0 Å². The Morgan fingerprint density at radius 1 is 0.933 bits per heavy atom. The summed E-state index contributed by atoms with van der Waals surface area (Å²) in [4.78, 5) is 19.0. The minimum Gasteiger partial charge on any atom is -0.355 e. The standard InChI is InChI=1S/C23H27N7/c1-16-6-4-7-17(2)21(16)27-22-19-14-24-15-30(19)23-18(25-22)8-9-20(26-23)29-11-5-10-28(3)12-13-29/h4,6-9,14-15H,5,10-13H2,1-3H3,(H,25,27). The van der Waals surface area contributed by atoms with Crippen molar-refractivity contribution in [2.45, 2.75) is 20.3 Å². The number of hydrogen-bond donors (Lipinski definition) is 1. The SMILES string of the molecule is Cc1cccc(C)c1Nc1nc2ccc(N3CCCN(C)CC3)nc2n2cncc12. The van der Waals surface area contributed by atoms with Gasteiger partial charge in [0, 0.05) is 25.3 Å². The molecule has 1 aliphatic rings. The first-order valence-corrected chi connectivity index (χ1v) is 10.5. The van der Waals surface area contributed by atoms with Crippen LogP contribution in [0.2, 0.25) is 0 Å². The van der Waals surface area contributed by atoms with Crippen LogP contribution in [0.4, 0.5) is 17.3 Å². The molecule has 1 fully saturated rings. The number of rotatable bonds is 3. The molecule has 0 aliphatic carbocycles. The van der Waals surface area contributed by atoms with Gasteiger partial charge in [0.1, 0.15) is 23.2 Å². The smallest absolute Gasteiger partial charge is 0.166 e. The van der Waals surface area contributed by atoms with Crippen LogP contribution in [0.25, 0.3) is 16.7 Å². The first-order chi connectivity index (χ1) is 14.6. The zero-order valence-electron chi connectivity index (χ0n) is 17.8. The molecule has 0 unspecified atom stereocenters. The average Bonchev–Trinajstić information content (AvgIpc) is 3.14. The highest BCUT2D eigenvalue weighted by molar-refractivity contribution is 5.85. The van der Waals surface area contributed by atoms with Crippen LogP contribution in [0, 0.1) is 13.8 Å². The number of nitrogens with one attached hydrogen (secondary N) is 1. The number of pyridine rings is 1. The maximum absolute atomic E-state index is 4.99. The van der Waals surface area contributed by atoms with Crippen molar-refractivity contribution in [2.75, 3.05) is 43.4 Å². The molecule has 0 amide bonds. The normalized spacial score (nSPS) is 15.6. The van der Waals surface area contributed by atoms with Crippen molar-refractivity contribution in [3.05, 3.63) is 54.0 Å². The zero-order chi connectivity index (χ0) is 20.7. The van der Waals surface area contributed by atoms with Gasteiger partial charge in [0.15, 0.2) is 11.5 Å². The van der Waals surface area contributed by atoms with Gasteiger partial charge in [-0.15, -0.1) is 0 Å². The number of fused-ring (bicyclic) bond motifs is 3. The molecule has 0 spiro atoms. The summed E-state index contributed by atoms with van der Waals surface area (Å²) in [6.07, 6.45) is 4.81. The third kappa shape index (κ3) is 3.35. The highest BCUT2D eigenvalue weighted by Gasteiger charge is 2.17. The Bertz CT molecular complexity index is 1190. The van der Waals surface area contributed by atoms with E-state index in [0.717, 1.165) is 66.6 Å².